The molecule has 0 fully saturated rings. The Labute approximate surface area is 112 Å². The van der Waals surface area contributed by atoms with Gasteiger partial charge in [0.15, 0.2) is 17.5 Å². The molecule has 5 N–H and O–H groups in total. The Morgan fingerprint density at radius 3 is 2.75 bits per heavy atom. The fourth-order valence-corrected chi connectivity index (χ4v) is 1.53. The molecular formula is C10H12N6O4. The molecule has 0 aliphatic carbocycles. The lowest BCUT2D eigenvalue weighted by Gasteiger charge is -2.17. The summed E-state index contributed by atoms with van der Waals surface area (Å²) >= 11 is 0. The number of carboxylic acid groups (broad SMARTS) is 1. The fourth-order valence-electron chi connectivity index (χ4n) is 1.53. The van der Waals surface area contributed by atoms with E-state index in [9.17, 15) is 14.7 Å². The maximum absolute atomic E-state index is 11.7. The topological polar surface area (TPSA) is 153 Å². The Bertz CT molecular complexity index is 639. The van der Waals surface area contributed by atoms with Crippen molar-refractivity contribution in [2.45, 2.75) is 19.1 Å². The predicted octanol–water partition coefficient (Wildman–Crippen LogP) is -0.692. The Kier molecular flexibility index (Phi) is 3.75. The molecule has 2 atom stereocenters. The van der Waals surface area contributed by atoms with Crippen molar-refractivity contribution in [1.29, 1.82) is 0 Å². The van der Waals surface area contributed by atoms with Gasteiger partial charge in [0, 0.05) is 0 Å². The molecule has 0 aliphatic heterocycles. The summed E-state index contributed by atoms with van der Waals surface area (Å²) in [5.74, 6) is -1.19. The molecule has 0 saturated carbocycles. The molecule has 10 heteroatoms. The summed E-state index contributed by atoms with van der Waals surface area (Å²) in [4.78, 5) is 36.9. The van der Waals surface area contributed by atoms with Crippen LogP contribution < -0.4 is 10.6 Å². The standard InChI is InChI=1S/C10H12N6O4/c1-4(17)5(9(18)19)15-10(20)16-8-6-7(12-2-11-6)13-3-14-8/h2-5,17H,1H3,(H,18,19)(H3,11,12,13,14,15,16,20)/t4-,5-/m1/s1. The zero-order chi connectivity index (χ0) is 14.7. The van der Waals surface area contributed by atoms with Crippen LogP contribution in [-0.4, -0.2) is 54.3 Å². The van der Waals surface area contributed by atoms with E-state index in [0.717, 1.165) is 0 Å². The lowest BCUT2D eigenvalue weighted by molar-refractivity contribution is -0.141. The van der Waals surface area contributed by atoms with E-state index in [4.69, 9.17) is 5.11 Å². The Hall–Kier alpha value is -2.75. The third-order valence-electron chi connectivity index (χ3n) is 2.49. The molecule has 106 valence electrons. The van der Waals surface area contributed by atoms with Gasteiger partial charge in [-0.2, -0.15) is 0 Å². The third-order valence-corrected chi connectivity index (χ3v) is 2.49. The number of urea groups is 1. The number of aliphatic hydroxyl groups excluding tert-OH is 1. The first-order chi connectivity index (χ1) is 9.49. The number of rotatable bonds is 4. The summed E-state index contributed by atoms with van der Waals surface area (Å²) in [5.41, 5.74) is 0.771. The number of hydrogen-bond acceptors (Lipinski definition) is 6. The predicted molar refractivity (Wildman–Crippen MR) is 66.9 cm³/mol. The molecule has 0 unspecified atom stereocenters. The monoisotopic (exact) mass is 280 g/mol. The summed E-state index contributed by atoms with van der Waals surface area (Å²) in [7, 11) is 0. The largest absolute Gasteiger partial charge is 0.480 e. The minimum absolute atomic E-state index is 0.153. The smallest absolute Gasteiger partial charge is 0.328 e. The van der Waals surface area contributed by atoms with Gasteiger partial charge in [0.1, 0.15) is 11.8 Å². The molecule has 0 bridgehead atoms. The van der Waals surface area contributed by atoms with E-state index < -0.39 is 24.1 Å². The Morgan fingerprint density at radius 1 is 1.35 bits per heavy atom. The van der Waals surface area contributed by atoms with Crippen LogP contribution >= 0.6 is 0 Å². The van der Waals surface area contributed by atoms with Gasteiger partial charge in [0.25, 0.3) is 0 Å². The summed E-state index contributed by atoms with van der Waals surface area (Å²) in [6, 6.07) is -2.23. The van der Waals surface area contributed by atoms with E-state index >= 15 is 0 Å². The van der Waals surface area contributed by atoms with Crippen LogP contribution in [0, 0.1) is 0 Å². The first-order valence-corrected chi connectivity index (χ1v) is 5.61. The van der Waals surface area contributed by atoms with Gasteiger partial charge in [-0.25, -0.2) is 24.5 Å². The number of carbonyl (C=O) groups is 2. The number of imidazole rings is 1. The number of aliphatic hydroxyl groups is 1. The lowest BCUT2D eigenvalue weighted by Crippen LogP contribution is -2.49. The van der Waals surface area contributed by atoms with Crippen molar-refractivity contribution < 1.29 is 19.8 Å². The molecule has 0 spiro atoms. The SMILES string of the molecule is C[C@@H](O)[C@@H](NC(=O)Nc1ncnc2nc[nH]c12)C(=O)O. The van der Waals surface area contributed by atoms with Gasteiger partial charge >= 0.3 is 12.0 Å². The van der Waals surface area contributed by atoms with Crippen LogP contribution in [0.25, 0.3) is 11.2 Å². The van der Waals surface area contributed by atoms with E-state index in [2.05, 4.69) is 30.6 Å². The van der Waals surface area contributed by atoms with E-state index in [1.165, 1.54) is 19.6 Å². The molecule has 2 heterocycles. The summed E-state index contributed by atoms with van der Waals surface area (Å²) < 4.78 is 0. The molecule has 0 aromatic carbocycles. The van der Waals surface area contributed by atoms with E-state index in [-0.39, 0.29) is 5.82 Å². The number of anilines is 1. The highest BCUT2D eigenvalue weighted by Gasteiger charge is 2.25. The molecule has 0 aliphatic rings. The zero-order valence-electron chi connectivity index (χ0n) is 10.4. The first kappa shape index (κ1) is 13.7. The van der Waals surface area contributed by atoms with Crippen LogP contribution in [0.15, 0.2) is 12.7 Å². The number of carbonyl (C=O) groups excluding carboxylic acids is 1. The van der Waals surface area contributed by atoms with E-state index in [1.807, 2.05) is 0 Å². The average Bonchev–Trinajstić information content (AvgIpc) is 2.84. The number of aromatic nitrogens is 4. The van der Waals surface area contributed by atoms with Crippen LogP contribution in [0.5, 0.6) is 0 Å². The number of carboxylic acids is 1. The van der Waals surface area contributed by atoms with Gasteiger partial charge in [-0.1, -0.05) is 0 Å². The van der Waals surface area contributed by atoms with Crippen LogP contribution in [0.1, 0.15) is 6.92 Å². The molecule has 0 saturated heterocycles. The highest BCUT2D eigenvalue weighted by molar-refractivity contribution is 5.97. The van der Waals surface area contributed by atoms with Gasteiger partial charge in [-0.05, 0) is 6.92 Å². The van der Waals surface area contributed by atoms with Gasteiger partial charge in [-0.3, -0.25) is 5.32 Å². The van der Waals surface area contributed by atoms with E-state index in [0.29, 0.717) is 11.2 Å². The minimum atomic E-state index is -1.42. The molecule has 0 radical (unpaired) electrons. The van der Waals surface area contributed by atoms with Crippen LogP contribution in [0.3, 0.4) is 0 Å². The van der Waals surface area contributed by atoms with Crippen LogP contribution in [-0.2, 0) is 4.79 Å². The number of amides is 2. The summed E-state index contributed by atoms with van der Waals surface area (Å²) in [6.45, 7) is 1.26. The van der Waals surface area contributed by atoms with Gasteiger partial charge < -0.3 is 20.5 Å². The molecule has 2 amide bonds. The van der Waals surface area contributed by atoms with Crippen LogP contribution in [0.2, 0.25) is 0 Å². The Balaban J connectivity index is 2.12. The number of fused-ring (bicyclic) bond motifs is 1. The molecule has 2 aromatic heterocycles. The lowest BCUT2D eigenvalue weighted by atomic mass is 10.2. The van der Waals surface area contributed by atoms with Crippen molar-refractivity contribution in [2.24, 2.45) is 0 Å². The number of hydrogen-bond donors (Lipinski definition) is 5. The second-order valence-corrected chi connectivity index (χ2v) is 3.98. The maximum Gasteiger partial charge on any atom is 0.328 e. The third kappa shape index (κ3) is 2.80. The second kappa shape index (κ2) is 5.48. The zero-order valence-corrected chi connectivity index (χ0v) is 10.4. The minimum Gasteiger partial charge on any atom is -0.480 e. The molecule has 2 rings (SSSR count). The fraction of sp³-hybridized carbons (Fsp3) is 0.300. The van der Waals surface area contributed by atoms with Crippen molar-refractivity contribution in [3.63, 3.8) is 0 Å². The first-order valence-electron chi connectivity index (χ1n) is 5.61. The Morgan fingerprint density at radius 2 is 2.10 bits per heavy atom. The normalized spacial score (nSPS) is 13.7. The van der Waals surface area contributed by atoms with Gasteiger partial charge in [0.2, 0.25) is 0 Å². The summed E-state index contributed by atoms with van der Waals surface area (Å²) in [6.07, 6.45) is 1.36. The molecule has 20 heavy (non-hydrogen) atoms. The van der Waals surface area contributed by atoms with Crippen molar-refractivity contribution in [3.05, 3.63) is 12.7 Å². The molecular weight excluding hydrogens is 268 g/mol. The van der Waals surface area contributed by atoms with Crippen molar-refractivity contribution in [3.8, 4) is 0 Å². The van der Waals surface area contributed by atoms with Gasteiger partial charge in [0.05, 0.1) is 12.4 Å². The number of aromatic amines is 1. The van der Waals surface area contributed by atoms with E-state index in [1.54, 1.807) is 0 Å². The molecule has 2 aromatic rings. The highest BCUT2D eigenvalue weighted by Crippen LogP contribution is 2.13. The number of aliphatic carboxylic acids is 1. The van der Waals surface area contributed by atoms with Gasteiger partial charge in [-0.15, -0.1) is 0 Å². The number of nitrogens with one attached hydrogen (secondary N) is 3. The van der Waals surface area contributed by atoms with Crippen molar-refractivity contribution in [2.75, 3.05) is 5.32 Å². The maximum atomic E-state index is 11.7. The average molecular weight is 280 g/mol. The summed E-state index contributed by atoms with van der Waals surface area (Å²) in [5, 5.41) is 22.6. The quantitative estimate of drug-likeness (QED) is 0.496. The second-order valence-electron chi connectivity index (χ2n) is 3.98. The number of nitrogens with zero attached hydrogens (tertiary/aromatic N) is 3. The van der Waals surface area contributed by atoms with Crippen molar-refractivity contribution in [1.82, 2.24) is 25.3 Å². The number of H-pyrrole nitrogens is 1. The molecule has 10 nitrogen and oxygen atoms in total. The van der Waals surface area contributed by atoms with Crippen molar-refractivity contribution >= 4 is 29.0 Å². The highest BCUT2D eigenvalue weighted by atomic mass is 16.4. The van der Waals surface area contributed by atoms with Crippen LogP contribution in [0.4, 0.5) is 10.6 Å².